The second-order valence-electron chi connectivity index (χ2n) is 4.04. The average molecular weight is 464 g/mol. The fraction of sp³-hybridized carbons (Fsp3) is 0.300. The molecule has 0 spiro atoms. The van der Waals surface area contributed by atoms with Crippen molar-refractivity contribution in [3.8, 4) is 6.07 Å². The third-order valence-corrected chi connectivity index (χ3v) is 7.72. The van der Waals surface area contributed by atoms with Crippen molar-refractivity contribution in [2.45, 2.75) is 6.42 Å². The van der Waals surface area contributed by atoms with Crippen LogP contribution in [-0.2, 0) is 26.5 Å². The molecular formula is C10H9Br2FN2O4S2. The first kappa shape index (κ1) is 18.3. The van der Waals surface area contributed by atoms with Crippen molar-refractivity contribution >= 4 is 57.6 Å². The molecule has 11 heteroatoms. The highest BCUT2D eigenvalue weighted by Crippen LogP contribution is 2.39. The fourth-order valence-corrected chi connectivity index (χ4v) is 5.87. The Morgan fingerprint density at radius 3 is 2.05 bits per heavy atom. The van der Waals surface area contributed by atoms with E-state index in [0.29, 0.717) is 12.5 Å². The van der Waals surface area contributed by atoms with E-state index >= 15 is 0 Å². The number of nitrogens with zero attached hydrogens (tertiary/aromatic N) is 2. The van der Waals surface area contributed by atoms with E-state index in [1.807, 2.05) is 0 Å². The SMILES string of the molecule is CS(=O)(=O)N(c1cc(F)c(CC#N)c(Br)c1Br)S(C)(=O)=O. The maximum absolute atomic E-state index is 14.0. The molecule has 0 atom stereocenters. The molecule has 0 heterocycles. The van der Waals surface area contributed by atoms with Gasteiger partial charge in [-0.15, -0.1) is 0 Å². The van der Waals surface area contributed by atoms with E-state index < -0.39 is 31.6 Å². The van der Waals surface area contributed by atoms with Crippen molar-refractivity contribution in [1.82, 2.24) is 0 Å². The minimum Gasteiger partial charge on any atom is -0.207 e. The van der Waals surface area contributed by atoms with Gasteiger partial charge in [-0.05, 0) is 31.9 Å². The lowest BCUT2D eigenvalue weighted by Crippen LogP contribution is -2.35. The molecule has 0 aliphatic heterocycles. The van der Waals surface area contributed by atoms with E-state index in [2.05, 4.69) is 31.9 Å². The first-order valence-corrected chi connectivity index (χ1v) is 10.4. The van der Waals surface area contributed by atoms with Gasteiger partial charge in [0.05, 0.1) is 35.2 Å². The summed E-state index contributed by atoms with van der Waals surface area (Å²) in [6.07, 6.45) is 1.12. The molecule has 1 aromatic carbocycles. The number of sulfonamides is 2. The molecule has 1 rings (SSSR count). The lowest BCUT2D eigenvalue weighted by Gasteiger charge is -2.22. The van der Waals surface area contributed by atoms with Crippen LogP contribution in [0.25, 0.3) is 0 Å². The third-order valence-electron chi connectivity index (χ3n) is 2.29. The Hall–Kier alpha value is -0.700. The first-order valence-electron chi connectivity index (χ1n) is 5.15. The molecule has 116 valence electrons. The van der Waals surface area contributed by atoms with Crippen LogP contribution in [0.5, 0.6) is 0 Å². The van der Waals surface area contributed by atoms with Gasteiger partial charge in [0.15, 0.2) is 0 Å². The summed E-state index contributed by atoms with van der Waals surface area (Å²) in [5, 5.41) is 8.64. The lowest BCUT2D eigenvalue weighted by atomic mass is 10.1. The van der Waals surface area contributed by atoms with Crippen LogP contribution >= 0.6 is 31.9 Å². The summed E-state index contributed by atoms with van der Waals surface area (Å²) in [6.45, 7) is 0. The van der Waals surface area contributed by atoms with Crippen LogP contribution in [0.4, 0.5) is 10.1 Å². The molecule has 0 N–H and O–H groups in total. The average Bonchev–Trinajstić information content (AvgIpc) is 2.27. The highest BCUT2D eigenvalue weighted by atomic mass is 79.9. The maximum atomic E-state index is 14.0. The number of rotatable bonds is 4. The fourth-order valence-electron chi connectivity index (χ4n) is 1.60. The largest absolute Gasteiger partial charge is 0.245 e. The molecule has 0 aliphatic carbocycles. The molecule has 0 fully saturated rings. The van der Waals surface area contributed by atoms with Gasteiger partial charge in [-0.3, -0.25) is 0 Å². The molecule has 21 heavy (non-hydrogen) atoms. The summed E-state index contributed by atoms with van der Waals surface area (Å²) in [7, 11) is -8.39. The van der Waals surface area contributed by atoms with Crippen LogP contribution in [0.1, 0.15) is 5.56 Å². The zero-order valence-electron chi connectivity index (χ0n) is 10.8. The Morgan fingerprint density at radius 1 is 1.19 bits per heavy atom. The molecule has 6 nitrogen and oxygen atoms in total. The summed E-state index contributed by atoms with van der Waals surface area (Å²) >= 11 is 6.06. The van der Waals surface area contributed by atoms with Gasteiger partial charge >= 0.3 is 0 Å². The summed E-state index contributed by atoms with van der Waals surface area (Å²) < 4.78 is 61.0. The van der Waals surface area contributed by atoms with Gasteiger partial charge < -0.3 is 0 Å². The van der Waals surface area contributed by atoms with Gasteiger partial charge in [-0.25, -0.2) is 21.2 Å². The number of anilines is 1. The van der Waals surface area contributed by atoms with Gasteiger partial charge in [0.2, 0.25) is 20.0 Å². The molecule has 0 saturated heterocycles. The zero-order valence-corrected chi connectivity index (χ0v) is 15.6. The number of halogens is 3. The summed E-state index contributed by atoms with van der Waals surface area (Å²) in [6, 6.07) is 2.51. The number of hydrogen-bond donors (Lipinski definition) is 0. The van der Waals surface area contributed by atoms with Gasteiger partial charge in [0.25, 0.3) is 0 Å². The van der Waals surface area contributed by atoms with Crippen LogP contribution < -0.4 is 3.71 Å². The quantitative estimate of drug-likeness (QED) is 0.637. The molecule has 1 aromatic rings. The van der Waals surface area contributed by atoms with E-state index in [-0.39, 0.29) is 24.6 Å². The van der Waals surface area contributed by atoms with E-state index in [9.17, 15) is 21.2 Å². The van der Waals surface area contributed by atoms with E-state index in [0.717, 1.165) is 6.07 Å². The predicted octanol–water partition coefficient (Wildman–Crippen LogP) is 2.14. The number of benzene rings is 1. The Labute approximate surface area is 138 Å². The zero-order chi connectivity index (χ0) is 16.6. The molecule has 0 saturated carbocycles. The topological polar surface area (TPSA) is 95.3 Å². The minimum absolute atomic E-state index is 0.00456. The van der Waals surface area contributed by atoms with E-state index in [1.54, 1.807) is 6.07 Å². The van der Waals surface area contributed by atoms with Crippen LogP contribution in [0, 0.1) is 17.1 Å². The number of nitriles is 1. The van der Waals surface area contributed by atoms with Crippen LogP contribution in [0.15, 0.2) is 15.0 Å². The Balaban J connectivity index is 3.77. The minimum atomic E-state index is -4.19. The van der Waals surface area contributed by atoms with Gasteiger partial charge in [-0.1, -0.05) is 0 Å². The summed E-state index contributed by atoms with van der Waals surface area (Å²) in [5.74, 6) is -0.890. The Bertz CT molecular complexity index is 800. The normalized spacial score (nSPS) is 12.0. The summed E-state index contributed by atoms with van der Waals surface area (Å²) in [5.41, 5.74) is -0.402. The predicted molar refractivity (Wildman–Crippen MR) is 83.3 cm³/mol. The molecule has 0 bridgehead atoms. The maximum Gasteiger partial charge on any atom is 0.245 e. The monoisotopic (exact) mass is 462 g/mol. The molecule has 0 aromatic heterocycles. The van der Waals surface area contributed by atoms with Gasteiger partial charge in [0.1, 0.15) is 5.82 Å². The van der Waals surface area contributed by atoms with Crippen molar-refractivity contribution in [3.05, 3.63) is 26.4 Å². The molecule has 0 amide bonds. The third kappa shape index (κ3) is 3.94. The standard InChI is InChI=1S/C10H9Br2FN2O4S2/c1-20(16,17)15(21(2,18)19)8-5-7(13)6(3-4-14)9(11)10(8)12/h5H,3H2,1-2H3. The Kier molecular flexibility index (Phi) is 5.41. The molecule has 0 radical (unpaired) electrons. The molecule has 0 aliphatic rings. The summed E-state index contributed by atoms with van der Waals surface area (Å²) in [4.78, 5) is 0. The van der Waals surface area contributed by atoms with Crippen molar-refractivity contribution in [1.29, 1.82) is 5.26 Å². The second kappa shape index (κ2) is 6.20. The van der Waals surface area contributed by atoms with Crippen molar-refractivity contribution in [2.24, 2.45) is 0 Å². The van der Waals surface area contributed by atoms with Gasteiger partial charge in [-0.2, -0.15) is 8.97 Å². The lowest BCUT2D eigenvalue weighted by molar-refractivity contribution is 0.590. The van der Waals surface area contributed by atoms with Crippen molar-refractivity contribution in [2.75, 3.05) is 16.2 Å². The molecular weight excluding hydrogens is 455 g/mol. The van der Waals surface area contributed by atoms with E-state index in [4.69, 9.17) is 5.26 Å². The van der Waals surface area contributed by atoms with Crippen LogP contribution in [0.2, 0.25) is 0 Å². The molecule has 0 unspecified atom stereocenters. The van der Waals surface area contributed by atoms with Crippen LogP contribution in [-0.4, -0.2) is 29.3 Å². The van der Waals surface area contributed by atoms with Crippen molar-refractivity contribution in [3.63, 3.8) is 0 Å². The van der Waals surface area contributed by atoms with Crippen molar-refractivity contribution < 1.29 is 21.2 Å². The number of hydrogen-bond acceptors (Lipinski definition) is 5. The highest BCUT2D eigenvalue weighted by Gasteiger charge is 2.31. The van der Waals surface area contributed by atoms with Crippen LogP contribution in [0.3, 0.4) is 0 Å². The highest BCUT2D eigenvalue weighted by molar-refractivity contribution is 9.13. The smallest absolute Gasteiger partial charge is 0.207 e. The van der Waals surface area contributed by atoms with Gasteiger partial charge in [0, 0.05) is 16.1 Å². The van der Waals surface area contributed by atoms with E-state index in [1.165, 1.54) is 0 Å². The second-order valence-corrected chi connectivity index (χ2v) is 9.52. The first-order chi connectivity index (χ1) is 9.41. The Morgan fingerprint density at radius 2 is 1.67 bits per heavy atom.